The summed E-state index contributed by atoms with van der Waals surface area (Å²) in [6.45, 7) is 3.60. The number of carbonyl (C=O) groups excluding carboxylic acids is 2. The molecule has 0 spiro atoms. The van der Waals surface area contributed by atoms with Crippen molar-refractivity contribution in [3.05, 3.63) is 64.2 Å². The number of anilines is 1. The van der Waals surface area contributed by atoms with Crippen LogP contribution in [-0.4, -0.2) is 60.8 Å². The Hall–Kier alpha value is -2.99. The summed E-state index contributed by atoms with van der Waals surface area (Å²) in [5.74, 6) is -1.66. The Morgan fingerprint density at radius 2 is 1.42 bits per heavy atom. The van der Waals surface area contributed by atoms with Crippen molar-refractivity contribution in [1.29, 1.82) is 0 Å². The lowest BCUT2D eigenvalue weighted by Crippen LogP contribution is -2.44. The fourth-order valence-corrected chi connectivity index (χ4v) is 3.53. The predicted octanol–water partition coefficient (Wildman–Crippen LogP) is 1.91. The van der Waals surface area contributed by atoms with Crippen LogP contribution in [0.2, 0.25) is 0 Å². The zero-order chi connectivity index (χ0) is 18.4. The van der Waals surface area contributed by atoms with Gasteiger partial charge in [-0.1, -0.05) is 0 Å². The van der Waals surface area contributed by atoms with Gasteiger partial charge >= 0.3 is 5.97 Å². The van der Waals surface area contributed by atoms with E-state index in [4.69, 9.17) is 5.11 Å². The number of carboxylic acid groups (broad SMARTS) is 1. The highest BCUT2D eigenvalue weighted by Gasteiger charge is 2.31. The van der Waals surface area contributed by atoms with Crippen molar-refractivity contribution in [1.82, 2.24) is 4.90 Å². The Labute approximate surface area is 150 Å². The monoisotopic (exact) mass is 350 g/mol. The average Bonchev–Trinajstić information content (AvgIpc) is 2.66. The van der Waals surface area contributed by atoms with Crippen LogP contribution in [0.15, 0.2) is 36.4 Å². The van der Waals surface area contributed by atoms with E-state index >= 15 is 0 Å². The zero-order valence-corrected chi connectivity index (χ0v) is 14.4. The quantitative estimate of drug-likeness (QED) is 0.761. The van der Waals surface area contributed by atoms with Crippen LogP contribution in [0.4, 0.5) is 5.69 Å². The minimum atomic E-state index is -1.12. The van der Waals surface area contributed by atoms with Crippen molar-refractivity contribution >= 4 is 23.2 Å². The molecule has 1 saturated heterocycles. The summed E-state index contributed by atoms with van der Waals surface area (Å²) in [5, 5.41) is 9.16. The molecular weight excluding hydrogens is 332 g/mol. The second kappa shape index (κ2) is 6.07. The van der Waals surface area contributed by atoms with Gasteiger partial charge in [-0.25, -0.2) is 4.79 Å². The molecule has 1 aliphatic heterocycles. The molecule has 4 rings (SSSR count). The van der Waals surface area contributed by atoms with E-state index in [2.05, 4.69) is 16.8 Å². The molecule has 1 fully saturated rings. The first-order valence-electron chi connectivity index (χ1n) is 8.50. The van der Waals surface area contributed by atoms with Gasteiger partial charge in [0, 0.05) is 54.1 Å². The third-order valence-electron chi connectivity index (χ3n) is 5.12. The number of hydrogen-bond acceptors (Lipinski definition) is 5. The highest BCUT2D eigenvalue weighted by Crippen LogP contribution is 2.31. The molecule has 2 aromatic rings. The first kappa shape index (κ1) is 16.5. The summed E-state index contributed by atoms with van der Waals surface area (Å²) in [4.78, 5) is 41.3. The molecule has 0 atom stereocenters. The van der Waals surface area contributed by atoms with Crippen molar-refractivity contribution in [3.63, 3.8) is 0 Å². The number of aromatic carboxylic acids is 1. The van der Waals surface area contributed by atoms with E-state index in [1.54, 1.807) is 12.1 Å². The van der Waals surface area contributed by atoms with Gasteiger partial charge in [0.2, 0.25) is 0 Å². The SMILES string of the molecule is CN1CCN(c2ccc3c(c2)C(=O)c2cc(C(=O)O)ccc2C3=O)CC1. The van der Waals surface area contributed by atoms with Crippen molar-refractivity contribution in [3.8, 4) is 0 Å². The van der Waals surface area contributed by atoms with Gasteiger partial charge in [-0.2, -0.15) is 0 Å². The average molecular weight is 350 g/mol. The molecular formula is C20H18N2O4. The summed E-state index contributed by atoms with van der Waals surface area (Å²) in [6, 6.07) is 9.43. The van der Waals surface area contributed by atoms with Crippen LogP contribution < -0.4 is 4.90 Å². The Morgan fingerprint density at radius 3 is 2.08 bits per heavy atom. The largest absolute Gasteiger partial charge is 0.478 e. The molecule has 0 aromatic heterocycles. The van der Waals surface area contributed by atoms with Crippen LogP contribution in [0.1, 0.15) is 42.2 Å². The molecule has 6 nitrogen and oxygen atoms in total. The van der Waals surface area contributed by atoms with Gasteiger partial charge in [0.25, 0.3) is 0 Å². The number of fused-ring (bicyclic) bond motifs is 2. The number of piperazine rings is 1. The van der Waals surface area contributed by atoms with Crippen molar-refractivity contribution < 1.29 is 19.5 Å². The maximum atomic E-state index is 12.9. The van der Waals surface area contributed by atoms with Crippen LogP contribution >= 0.6 is 0 Å². The fourth-order valence-electron chi connectivity index (χ4n) is 3.53. The maximum absolute atomic E-state index is 12.9. The highest BCUT2D eigenvalue weighted by atomic mass is 16.4. The molecule has 26 heavy (non-hydrogen) atoms. The highest BCUT2D eigenvalue weighted by molar-refractivity contribution is 6.29. The lowest BCUT2D eigenvalue weighted by atomic mass is 9.83. The number of nitrogens with zero attached hydrogens (tertiary/aromatic N) is 2. The van der Waals surface area contributed by atoms with Crippen molar-refractivity contribution in [2.45, 2.75) is 0 Å². The molecule has 0 saturated carbocycles. The van der Waals surface area contributed by atoms with Crippen LogP contribution in [0.5, 0.6) is 0 Å². The van der Waals surface area contributed by atoms with E-state index in [1.165, 1.54) is 18.2 Å². The summed E-state index contributed by atoms with van der Waals surface area (Å²) >= 11 is 0. The van der Waals surface area contributed by atoms with Gasteiger partial charge in [-0.15, -0.1) is 0 Å². The fraction of sp³-hybridized carbons (Fsp3) is 0.250. The molecule has 1 N–H and O–H groups in total. The van der Waals surface area contributed by atoms with Crippen LogP contribution in [0.25, 0.3) is 0 Å². The molecule has 1 aliphatic carbocycles. The lowest BCUT2D eigenvalue weighted by molar-refractivity contribution is 0.0696. The minimum absolute atomic E-state index is 0.00331. The topological polar surface area (TPSA) is 77.9 Å². The molecule has 132 valence electrons. The zero-order valence-electron chi connectivity index (χ0n) is 14.4. The first-order chi connectivity index (χ1) is 12.5. The van der Waals surface area contributed by atoms with Crippen LogP contribution in [-0.2, 0) is 0 Å². The Morgan fingerprint density at radius 1 is 0.846 bits per heavy atom. The van der Waals surface area contributed by atoms with Gasteiger partial charge in [0.1, 0.15) is 0 Å². The van der Waals surface area contributed by atoms with Gasteiger partial charge < -0.3 is 14.9 Å². The van der Waals surface area contributed by atoms with E-state index in [-0.39, 0.29) is 28.3 Å². The second-order valence-electron chi connectivity index (χ2n) is 6.74. The van der Waals surface area contributed by atoms with Crippen LogP contribution in [0, 0.1) is 0 Å². The van der Waals surface area contributed by atoms with E-state index in [1.807, 2.05) is 6.07 Å². The van der Waals surface area contributed by atoms with Crippen LogP contribution in [0.3, 0.4) is 0 Å². The molecule has 0 unspecified atom stereocenters. The number of carboxylic acids is 1. The number of carbonyl (C=O) groups is 3. The summed E-state index contributed by atoms with van der Waals surface area (Å²) in [7, 11) is 2.07. The summed E-state index contributed by atoms with van der Waals surface area (Å²) in [6.07, 6.45) is 0. The van der Waals surface area contributed by atoms with Gasteiger partial charge in [-0.3, -0.25) is 9.59 Å². The number of hydrogen-bond donors (Lipinski definition) is 1. The Bertz CT molecular complexity index is 943. The second-order valence-corrected chi connectivity index (χ2v) is 6.74. The number of likely N-dealkylation sites (N-methyl/N-ethyl adjacent to an activating group) is 1. The maximum Gasteiger partial charge on any atom is 0.335 e. The normalized spacial score (nSPS) is 17.0. The van der Waals surface area contributed by atoms with Crippen molar-refractivity contribution in [2.75, 3.05) is 38.1 Å². The standard InChI is InChI=1S/C20H18N2O4/c1-21-6-8-22(9-7-21)13-3-5-15-17(11-13)19(24)16-10-12(20(25)26)2-4-14(16)18(15)23/h2-5,10-11H,6-9H2,1H3,(H,25,26). The van der Waals surface area contributed by atoms with E-state index in [9.17, 15) is 14.4 Å². The molecule has 2 aliphatic rings. The first-order valence-corrected chi connectivity index (χ1v) is 8.50. The predicted molar refractivity (Wildman–Crippen MR) is 96.4 cm³/mol. The van der Waals surface area contributed by atoms with Gasteiger partial charge in [0.05, 0.1) is 5.56 Å². The van der Waals surface area contributed by atoms with E-state index in [0.717, 1.165) is 31.9 Å². The summed E-state index contributed by atoms with van der Waals surface area (Å²) in [5.41, 5.74) is 2.07. The number of ketones is 2. The smallest absolute Gasteiger partial charge is 0.335 e. The molecule has 2 aromatic carbocycles. The molecule has 1 heterocycles. The molecule has 0 amide bonds. The number of rotatable bonds is 2. The lowest BCUT2D eigenvalue weighted by Gasteiger charge is -2.34. The molecule has 0 bridgehead atoms. The van der Waals surface area contributed by atoms with E-state index in [0.29, 0.717) is 11.1 Å². The Balaban J connectivity index is 1.75. The Kier molecular flexibility index (Phi) is 3.85. The molecule has 0 radical (unpaired) electrons. The third-order valence-corrected chi connectivity index (χ3v) is 5.12. The minimum Gasteiger partial charge on any atom is -0.478 e. The number of benzene rings is 2. The molecule has 6 heteroatoms. The summed E-state index contributed by atoms with van der Waals surface area (Å²) < 4.78 is 0. The van der Waals surface area contributed by atoms with Crippen molar-refractivity contribution in [2.24, 2.45) is 0 Å². The van der Waals surface area contributed by atoms with Gasteiger partial charge in [0.15, 0.2) is 11.6 Å². The van der Waals surface area contributed by atoms with E-state index < -0.39 is 5.97 Å². The van der Waals surface area contributed by atoms with Gasteiger partial charge in [-0.05, 0) is 43.4 Å². The third kappa shape index (κ3) is 2.59.